The third-order valence-corrected chi connectivity index (χ3v) is 2.01. The molecule has 0 aliphatic heterocycles. The summed E-state index contributed by atoms with van der Waals surface area (Å²) in [5, 5.41) is 0. The minimum absolute atomic E-state index is 0.0292. The van der Waals surface area contributed by atoms with E-state index in [0.29, 0.717) is 0 Å². The van der Waals surface area contributed by atoms with Crippen LogP contribution in [-0.2, 0) is 19.6 Å². The maximum absolute atomic E-state index is 9.49. The van der Waals surface area contributed by atoms with Crippen LogP contribution in [0.2, 0.25) is 0 Å². The Balaban J connectivity index is 0. The normalized spacial score (nSPS) is 11.1. The molecule has 1 N–H and O–H groups in total. The summed E-state index contributed by atoms with van der Waals surface area (Å²) in [6, 6.07) is 0. The molecule has 0 saturated heterocycles. The van der Waals surface area contributed by atoms with Gasteiger partial charge in [-0.25, -0.2) is 13.3 Å². The topological polar surface area (TPSA) is 80.1 Å². The molecule has 0 heterocycles. The first-order valence-electron chi connectivity index (χ1n) is 5.01. The van der Waals surface area contributed by atoms with Crippen molar-refractivity contribution in [3.63, 3.8) is 0 Å². The molecule has 0 fully saturated rings. The summed E-state index contributed by atoms with van der Waals surface area (Å²) in [5.41, 5.74) is 0. The smallest absolute Gasteiger partial charge is 0.245 e. The van der Waals surface area contributed by atoms with Gasteiger partial charge < -0.3 is 9.45 Å². The van der Waals surface area contributed by atoms with Gasteiger partial charge in [-0.05, 0) is 27.7 Å². The van der Waals surface area contributed by atoms with E-state index in [9.17, 15) is 13.0 Å². The highest BCUT2D eigenvalue weighted by atomic mass is 32.3. The van der Waals surface area contributed by atoms with Crippen LogP contribution in [0, 0.1) is 0 Å². The fourth-order valence-electron chi connectivity index (χ4n) is 0.857. The molecular formula is C8H21NO5S. The van der Waals surface area contributed by atoms with Crippen molar-refractivity contribution in [3.05, 3.63) is 0 Å². The largest absolute Gasteiger partial charge is 0.724 e. The molecule has 7 heteroatoms. The maximum Gasteiger partial charge on any atom is 0.245 e. The molecule has 0 aliphatic carbocycles. The predicted octanol–water partition coefficient (Wildman–Crippen LogP) is -0.654. The molecule has 0 radical (unpaired) electrons. The van der Waals surface area contributed by atoms with Gasteiger partial charge in [-0.1, -0.05) is 0 Å². The minimum atomic E-state index is -4.66. The zero-order chi connectivity index (χ0) is 12.3. The van der Waals surface area contributed by atoms with E-state index in [1.54, 1.807) is 4.90 Å². The van der Waals surface area contributed by atoms with Gasteiger partial charge in [0, 0.05) is 0 Å². The first-order valence-corrected chi connectivity index (χ1v) is 6.34. The molecule has 0 rings (SSSR count). The van der Waals surface area contributed by atoms with Crippen LogP contribution in [0.5, 0.6) is 0 Å². The Morgan fingerprint density at radius 2 is 1.47 bits per heavy atom. The molecule has 0 aromatic heterocycles. The van der Waals surface area contributed by atoms with E-state index in [2.05, 4.69) is 30.0 Å². The monoisotopic (exact) mass is 243 g/mol. The third kappa shape index (κ3) is 16.5. The molecule has 94 valence electrons. The molecule has 0 aromatic carbocycles. The second kappa shape index (κ2) is 10.3. The number of nitrogens with one attached hydrogen (secondary N) is 1. The van der Waals surface area contributed by atoms with Gasteiger partial charge in [0.2, 0.25) is 10.4 Å². The second-order valence-electron chi connectivity index (χ2n) is 2.69. The maximum atomic E-state index is 9.49. The SMILES string of the molecule is CCOOS(=O)(=O)[O-].CC[NH+](CC)CC. The molecule has 0 aromatic rings. The van der Waals surface area contributed by atoms with Gasteiger partial charge in [0.1, 0.15) is 0 Å². The molecule has 0 bridgehead atoms. The van der Waals surface area contributed by atoms with Gasteiger partial charge in [0.15, 0.2) is 0 Å². The lowest BCUT2D eigenvalue weighted by molar-refractivity contribution is -0.894. The van der Waals surface area contributed by atoms with Crippen molar-refractivity contribution in [2.24, 2.45) is 0 Å². The van der Waals surface area contributed by atoms with E-state index >= 15 is 0 Å². The van der Waals surface area contributed by atoms with E-state index < -0.39 is 10.4 Å². The Hall–Kier alpha value is -0.210. The Kier molecular flexibility index (Phi) is 11.8. The van der Waals surface area contributed by atoms with Crippen LogP contribution in [0.1, 0.15) is 27.7 Å². The van der Waals surface area contributed by atoms with Crippen molar-refractivity contribution < 1.29 is 27.1 Å². The summed E-state index contributed by atoms with van der Waals surface area (Å²) in [7, 11) is -4.66. The van der Waals surface area contributed by atoms with E-state index in [1.165, 1.54) is 26.6 Å². The van der Waals surface area contributed by atoms with E-state index in [-0.39, 0.29) is 6.61 Å². The van der Waals surface area contributed by atoms with Crippen LogP contribution >= 0.6 is 0 Å². The van der Waals surface area contributed by atoms with E-state index in [0.717, 1.165) is 0 Å². The Morgan fingerprint density at radius 3 is 1.53 bits per heavy atom. The summed E-state index contributed by atoms with van der Waals surface area (Å²) in [4.78, 5) is 5.48. The second-order valence-corrected chi connectivity index (χ2v) is 3.65. The summed E-state index contributed by atoms with van der Waals surface area (Å²) in [6.07, 6.45) is 0. The Bertz CT molecular complexity index is 208. The lowest BCUT2D eigenvalue weighted by Crippen LogP contribution is -3.11. The highest BCUT2D eigenvalue weighted by molar-refractivity contribution is 7.80. The molecule has 15 heavy (non-hydrogen) atoms. The van der Waals surface area contributed by atoms with E-state index in [4.69, 9.17) is 0 Å². The van der Waals surface area contributed by atoms with Crippen molar-refractivity contribution in [2.45, 2.75) is 27.7 Å². The lowest BCUT2D eigenvalue weighted by Gasteiger charge is -2.10. The molecule has 0 saturated carbocycles. The molecule has 6 nitrogen and oxygen atoms in total. The van der Waals surface area contributed by atoms with Gasteiger partial charge in [-0.15, -0.1) is 4.33 Å². The molecule has 0 atom stereocenters. The molecule has 0 amide bonds. The fourth-order valence-corrected chi connectivity index (χ4v) is 1.07. The van der Waals surface area contributed by atoms with Gasteiger partial charge in [0.05, 0.1) is 26.2 Å². The highest BCUT2D eigenvalue weighted by Gasteiger charge is 1.93. The van der Waals surface area contributed by atoms with Crippen LogP contribution in [0.3, 0.4) is 0 Å². The van der Waals surface area contributed by atoms with Crippen LogP contribution in [0.25, 0.3) is 0 Å². The molecule has 0 unspecified atom stereocenters. The summed E-state index contributed by atoms with van der Waals surface area (Å²) in [5.74, 6) is 0. The molecular weight excluding hydrogens is 222 g/mol. The average molecular weight is 243 g/mol. The number of hydrogen-bond acceptors (Lipinski definition) is 5. The quantitative estimate of drug-likeness (QED) is 0.290. The minimum Gasteiger partial charge on any atom is -0.724 e. The Morgan fingerprint density at radius 1 is 1.07 bits per heavy atom. The van der Waals surface area contributed by atoms with Crippen molar-refractivity contribution >= 4 is 10.4 Å². The fraction of sp³-hybridized carbons (Fsp3) is 1.00. The highest BCUT2D eigenvalue weighted by Crippen LogP contribution is 1.84. The average Bonchev–Trinajstić information content (AvgIpc) is 2.17. The van der Waals surface area contributed by atoms with Gasteiger partial charge in [-0.3, -0.25) is 0 Å². The summed E-state index contributed by atoms with van der Waals surface area (Å²) in [6.45, 7) is 12.0. The lowest BCUT2D eigenvalue weighted by atomic mass is 10.5. The van der Waals surface area contributed by atoms with Crippen LogP contribution in [0.15, 0.2) is 0 Å². The van der Waals surface area contributed by atoms with Crippen LogP contribution in [0.4, 0.5) is 0 Å². The number of hydrogen-bond donors (Lipinski definition) is 1. The Labute approximate surface area is 92.1 Å². The van der Waals surface area contributed by atoms with Gasteiger partial charge in [-0.2, -0.15) is 0 Å². The predicted molar refractivity (Wildman–Crippen MR) is 55.0 cm³/mol. The number of quaternary nitrogens is 1. The molecule has 0 aliphatic rings. The van der Waals surface area contributed by atoms with E-state index in [1.807, 2.05) is 0 Å². The molecule has 0 spiro atoms. The summed E-state index contributed by atoms with van der Waals surface area (Å²) < 4.78 is 31.8. The summed E-state index contributed by atoms with van der Waals surface area (Å²) >= 11 is 0. The zero-order valence-corrected chi connectivity index (χ0v) is 10.6. The van der Waals surface area contributed by atoms with Crippen molar-refractivity contribution in [1.29, 1.82) is 0 Å². The standard InChI is InChI=1S/C6H15N.C2H6O5S/c1-4-7(5-2)6-3;1-2-6-7-8(3,4)5/h4-6H2,1-3H3;2H2,1H3,(H,3,4,5). The first-order chi connectivity index (χ1) is 6.91. The third-order valence-electron chi connectivity index (χ3n) is 1.75. The van der Waals surface area contributed by atoms with Crippen molar-refractivity contribution in [1.82, 2.24) is 0 Å². The van der Waals surface area contributed by atoms with Crippen molar-refractivity contribution in [3.8, 4) is 0 Å². The van der Waals surface area contributed by atoms with Gasteiger partial charge in [0.25, 0.3) is 0 Å². The van der Waals surface area contributed by atoms with Crippen LogP contribution < -0.4 is 4.90 Å². The van der Waals surface area contributed by atoms with Gasteiger partial charge >= 0.3 is 0 Å². The van der Waals surface area contributed by atoms with Crippen LogP contribution in [-0.4, -0.2) is 39.2 Å². The first kappa shape index (κ1) is 17.2. The van der Waals surface area contributed by atoms with Crippen molar-refractivity contribution in [2.75, 3.05) is 26.2 Å². The zero-order valence-electron chi connectivity index (χ0n) is 9.78. The number of rotatable bonds is 6.